The van der Waals surface area contributed by atoms with Crippen molar-refractivity contribution < 1.29 is 59.2 Å². The van der Waals surface area contributed by atoms with E-state index in [0.717, 1.165) is 48.8 Å². The van der Waals surface area contributed by atoms with Gasteiger partial charge >= 0.3 is 11.9 Å². The van der Waals surface area contributed by atoms with Crippen LogP contribution in [0.4, 0.5) is 5.69 Å². The number of carbonyl (C=O) groups is 3. The highest BCUT2D eigenvalue weighted by atomic mass is 16.6. The summed E-state index contributed by atoms with van der Waals surface area (Å²) < 4.78 is 18.1. The van der Waals surface area contributed by atoms with Gasteiger partial charge in [-0.3, -0.25) is 9.59 Å². The number of phenolic OH excluding ortho intramolecular Hbond substituents is 1. The third-order valence-corrected chi connectivity index (χ3v) is 16.7. The lowest BCUT2D eigenvalue weighted by atomic mass is 9.66. The third-order valence-electron chi connectivity index (χ3n) is 16.7. The van der Waals surface area contributed by atoms with Gasteiger partial charge in [-0.1, -0.05) is 68.7 Å². The first-order valence-electron chi connectivity index (χ1n) is 26.0. The Morgan fingerprint density at radius 2 is 1.69 bits per heavy atom. The standard InChI is InChI=1S/C58H71NO12/c1-4-18-58(68)43-15-17-48(61)41(23-43)20-33-10-11-35-14-16-45(49(62)27-40(35)19-33)47-25-37(39-21-34(30-60)22-44(24-39)59-32-57(2,67)50(63)31-69-3)12-13-38-29-52(64)71-55-46(38)26-42(28-51(58)70-56(47)66)54(65)53(55)36-8-6-5-7-9-36/h10-11,19,21-22,24,26,36-38,41,43,49-51,59-60,62-63,65,67-68H,4-9,14-18,20,23,25,27-32H2,1-3H3. The van der Waals surface area contributed by atoms with Gasteiger partial charge in [0.15, 0.2) is 0 Å². The number of phenols is 1. The zero-order valence-electron chi connectivity index (χ0n) is 41.4. The van der Waals surface area contributed by atoms with Crippen molar-refractivity contribution in [2.75, 3.05) is 25.6 Å². The van der Waals surface area contributed by atoms with Crippen LogP contribution in [0.1, 0.15) is 160 Å². The fraction of sp³-hybridized carbons (Fsp3) is 0.569. The van der Waals surface area contributed by atoms with Gasteiger partial charge in [0.1, 0.15) is 40.7 Å². The first kappa shape index (κ1) is 50.9. The highest BCUT2D eigenvalue weighted by molar-refractivity contribution is 5.90. The molecule has 3 aromatic rings. The molecule has 6 aliphatic rings. The van der Waals surface area contributed by atoms with Crippen molar-refractivity contribution in [3.05, 3.63) is 98.1 Å². The smallest absolute Gasteiger partial charge is 0.334 e. The number of aliphatic hydroxyl groups excluding tert-OH is 3. The van der Waals surface area contributed by atoms with Gasteiger partial charge in [-0.2, -0.15) is 0 Å². The Morgan fingerprint density at radius 3 is 2.45 bits per heavy atom. The van der Waals surface area contributed by atoms with E-state index in [1.165, 1.54) is 14.0 Å². The van der Waals surface area contributed by atoms with Crippen LogP contribution >= 0.6 is 0 Å². The van der Waals surface area contributed by atoms with Gasteiger partial charge in [0.25, 0.3) is 0 Å². The van der Waals surface area contributed by atoms with Crippen LogP contribution in [0, 0.1) is 23.7 Å². The Bertz CT molecular complexity index is 2620. The summed E-state index contributed by atoms with van der Waals surface area (Å²) >= 11 is 0. The average molecular weight is 974 g/mol. The number of fused-ring (bicyclic) bond motifs is 9. The largest absolute Gasteiger partial charge is 0.507 e. The molecule has 2 saturated carbocycles. The van der Waals surface area contributed by atoms with Crippen LogP contribution < -0.4 is 10.1 Å². The van der Waals surface area contributed by atoms with E-state index < -0.39 is 59.2 Å². The molecule has 0 saturated heterocycles. The molecule has 3 heterocycles. The molecule has 3 aliphatic carbocycles. The second kappa shape index (κ2) is 21.2. The van der Waals surface area contributed by atoms with Crippen molar-refractivity contribution >= 4 is 23.4 Å². The number of aryl methyl sites for hydroxylation is 1. The molecule has 7 N–H and O–H groups in total. The number of aliphatic hydroxyl groups is 5. The highest BCUT2D eigenvalue weighted by Crippen LogP contribution is 2.51. The normalized spacial score (nSPS) is 28.1. The van der Waals surface area contributed by atoms with Crippen LogP contribution in [0.3, 0.4) is 0 Å². The first-order valence-corrected chi connectivity index (χ1v) is 26.0. The molecule has 13 nitrogen and oxygen atoms in total. The zero-order chi connectivity index (χ0) is 50.2. The molecule has 9 rings (SSSR count). The molecule has 0 spiro atoms. The summed E-state index contributed by atoms with van der Waals surface area (Å²) in [6.45, 7) is 2.92. The number of anilines is 1. The monoisotopic (exact) mass is 973 g/mol. The maximum Gasteiger partial charge on any atom is 0.334 e. The van der Waals surface area contributed by atoms with Crippen molar-refractivity contribution in [1.82, 2.24) is 0 Å². The fourth-order valence-corrected chi connectivity index (χ4v) is 12.6. The number of ketones is 1. The molecule has 3 aromatic carbocycles. The summed E-state index contributed by atoms with van der Waals surface area (Å²) in [5, 5.41) is 74.3. The Kier molecular flexibility index (Phi) is 15.2. The van der Waals surface area contributed by atoms with Crippen molar-refractivity contribution in [3.8, 4) is 23.3 Å². The minimum Gasteiger partial charge on any atom is -0.507 e. The number of esters is 2. The number of carbonyl (C=O) groups excluding carboxylic acids is 3. The van der Waals surface area contributed by atoms with Crippen molar-refractivity contribution in [1.29, 1.82) is 0 Å². The molecule has 13 heteroatoms. The van der Waals surface area contributed by atoms with Crippen LogP contribution in [-0.4, -0.2) is 98.1 Å². The molecule has 2 fully saturated rings. The van der Waals surface area contributed by atoms with E-state index in [9.17, 15) is 40.2 Å². The Balaban J connectivity index is 1.27. The number of ether oxygens (including phenoxy) is 3. The molecule has 71 heavy (non-hydrogen) atoms. The molecule has 0 amide bonds. The zero-order valence-corrected chi connectivity index (χ0v) is 41.4. The van der Waals surface area contributed by atoms with Gasteiger partial charge < -0.3 is 50.2 Å². The summed E-state index contributed by atoms with van der Waals surface area (Å²) in [6, 6.07) is 13.4. The molecule has 9 atom stereocenters. The van der Waals surface area contributed by atoms with E-state index in [0.29, 0.717) is 83.4 Å². The number of rotatable bonds is 11. The number of hydrogen-bond acceptors (Lipinski definition) is 13. The third kappa shape index (κ3) is 10.6. The SMILES string of the molecule is CCCC1(O)C2CCC(=O)C(Cc3ccc4c(c3)CC(O)C(=C3CC(c5cc(CO)cc(NCC(C)(O)C(O)COC)c5)C#CC5CC(=O)Oc6c5cc(c(O)c6C5CCCCC5)CC1OC3=O)CC4)C2. The van der Waals surface area contributed by atoms with Crippen LogP contribution in [-0.2, 0) is 56.1 Å². The minimum atomic E-state index is -1.65. The Labute approximate surface area is 417 Å². The number of Topliss-reactive ketones (excluding diaryl/α,β-unsaturated/α-hetero) is 1. The molecule has 9 unspecified atom stereocenters. The number of methoxy groups -OCH3 is 1. The van der Waals surface area contributed by atoms with Crippen LogP contribution in [0.2, 0.25) is 0 Å². The summed E-state index contributed by atoms with van der Waals surface area (Å²) in [6.07, 6.45) is 4.07. The van der Waals surface area contributed by atoms with E-state index in [-0.39, 0.29) is 87.2 Å². The van der Waals surface area contributed by atoms with Crippen LogP contribution in [0.5, 0.6) is 11.5 Å². The van der Waals surface area contributed by atoms with Gasteiger partial charge in [-0.05, 0) is 134 Å². The summed E-state index contributed by atoms with van der Waals surface area (Å²) in [4.78, 5) is 43.3. The van der Waals surface area contributed by atoms with E-state index in [1.54, 1.807) is 12.1 Å². The second-order valence-corrected chi connectivity index (χ2v) is 21.6. The number of nitrogens with one attached hydrogen (secondary N) is 1. The molecule has 9 bridgehead atoms. The summed E-state index contributed by atoms with van der Waals surface area (Å²) in [5.41, 5.74) is 3.61. The maximum atomic E-state index is 15.7. The predicted octanol–water partition coefficient (Wildman–Crippen LogP) is 7.06. The lowest BCUT2D eigenvalue weighted by molar-refractivity contribution is -0.176. The molecular formula is C58H71NO12. The van der Waals surface area contributed by atoms with E-state index in [4.69, 9.17) is 14.2 Å². The summed E-state index contributed by atoms with van der Waals surface area (Å²) in [5.74, 6) is 3.69. The van der Waals surface area contributed by atoms with Crippen molar-refractivity contribution in [2.45, 2.75) is 177 Å². The topological polar surface area (TPSA) is 212 Å². The van der Waals surface area contributed by atoms with E-state index in [2.05, 4.69) is 35.4 Å². The second-order valence-electron chi connectivity index (χ2n) is 21.6. The number of benzene rings is 3. The van der Waals surface area contributed by atoms with Gasteiger partial charge in [-0.15, -0.1) is 0 Å². The summed E-state index contributed by atoms with van der Waals surface area (Å²) in [7, 11) is 1.43. The van der Waals surface area contributed by atoms with Gasteiger partial charge in [0.2, 0.25) is 0 Å². The lowest BCUT2D eigenvalue weighted by Gasteiger charge is -2.45. The van der Waals surface area contributed by atoms with Gasteiger partial charge in [0.05, 0.1) is 31.7 Å². The van der Waals surface area contributed by atoms with E-state index >= 15 is 4.79 Å². The highest BCUT2D eigenvalue weighted by Gasteiger charge is 2.50. The first-order chi connectivity index (χ1) is 34.1. The molecule has 0 aromatic heterocycles. The van der Waals surface area contributed by atoms with Crippen LogP contribution in [0.25, 0.3) is 0 Å². The Morgan fingerprint density at radius 1 is 0.901 bits per heavy atom. The maximum absolute atomic E-state index is 15.7. The molecule has 3 aliphatic heterocycles. The number of aromatic hydroxyl groups is 1. The molecular weight excluding hydrogens is 903 g/mol. The van der Waals surface area contributed by atoms with Gasteiger partial charge in [-0.25, -0.2) is 4.79 Å². The Hall–Kier alpha value is -5.07. The minimum absolute atomic E-state index is 0.0468. The fourth-order valence-electron chi connectivity index (χ4n) is 12.6. The predicted molar refractivity (Wildman–Crippen MR) is 266 cm³/mol. The average Bonchev–Trinajstić information content (AvgIpc) is 3.50. The van der Waals surface area contributed by atoms with Crippen molar-refractivity contribution in [3.63, 3.8) is 0 Å². The molecule has 0 radical (unpaired) electrons. The van der Waals surface area contributed by atoms with E-state index in [1.807, 2.05) is 19.1 Å². The lowest BCUT2D eigenvalue weighted by Crippen LogP contribution is -2.54. The molecule has 380 valence electrons. The number of hydrogen-bond donors (Lipinski definition) is 7. The van der Waals surface area contributed by atoms with Gasteiger partial charge in [0, 0.05) is 67.1 Å². The van der Waals surface area contributed by atoms with Crippen molar-refractivity contribution in [2.24, 2.45) is 11.8 Å². The van der Waals surface area contributed by atoms with Crippen LogP contribution in [0.15, 0.2) is 53.6 Å². The quantitative estimate of drug-likeness (QED) is 0.0584.